The Morgan fingerprint density at radius 3 is 2.58 bits per heavy atom. The Morgan fingerprint density at radius 1 is 1.31 bits per heavy atom. The van der Waals surface area contributed by atoms with Crippen molar-refractivity contribution in [1.29, 1.82) is 0 Å². The fraction of sp³-hybridized carbons (Fsp3) is 0.500. The summed E-state index contributed by atoms with van der Waals surface area (Å²) in [6.07, 6.45) is 0.864. The van der Waals surface area contributed by atoms with Crippen LogP contribution in [-0.4, -0.2) is 60.9 Å². The smallest absolute Gasteiger partial charge is 0.327 e. The molecule has 0 aromatic heterocycles. The number of para-hydroxylation sites is 1. The van der Waals surface area contributed by atoms with Crippen LogP contribution in [-0.2, 0) is 16.0 Å². The van der Waals surface area contributed by atoms with Gasteiger partial charge in [-0.1, -0.05) is 18.2 Å². The summed E-state index contributed by atoms with van der Waals surface area (Å²) < 4.78 is -1.01. The van der Waals surface area contributed by atoms with Gasteiger partial charge < -0.3 is 20.0 Å². The Balaban J connectivity index is 1.82. The molecule has 2 fully saturated rings. The van der Waals surface area contributed by atoms with Crippen LogP contribution in [0.2, 0.25) is 0 Å². The van der Waals surface area contributed by atoms with Crippen molar-refractivity contribution in [3.63, 3.8) is 0 Å². The maximum Gasteiger partial charge on any atom is 0.327 e. The van der Waals surface area contributed by atoms with Crippen LogP contribution < -0.4 is 4.90 Å². The standard InChI is InChI=1S/C18H22N2O5S/c1-18(2)15(16(23)24)20-13(22)9-14(20)26(18,10-21)17(25)19-8-7-11-5-3-4-6-12(11)19/h3-6,14-15,21H,7-10H2,1-2H3,(H,23,24)/t14-,15+/m1/s1. The normalized spacial score (nSPS) is 33.9. The van der Waals surface area contributed by atoms with Crippen LogP contribution in [0.5, 0.6) is 0 Å². The Labute approximate surface area is 152 Å². The molecule has 1 unspecified atom stereocenters. The minimum absolute atomic E-state index is 0.129. The van der Waals surface area contributed by atoms with Crippen LogP contribution in [0.3, 0.4) is 0 Å². The number of amides is 2. The summed E-state index contributed by atoms with van der Waals surface area (Å²) in [7, 11) is -2.48. The van der Waals surface area contributed by atoms with Crippen molar-refractivity contribution < 1.29 is 24.6 Å². The molecule has 4 rings (SSSR count). The second kappa shape index (κ2) is 5.47. The molecule has 3 heterocycles. The number of aliphatic carboxylic acids is 1. The SMILES string of the molecule is CC1(C)[C@H](C(=O)O)N2C(=O)C[C@H]2S1(CO)C(=O)N1CCc2ccccc21. The van der Waals surface area contributed by atoms with Gasteiger partial charge >= 0.3 is 5.97 Å². The van der Waals surface area contributed by atoms with Gasteiger partial charge in [-0.05, 0) is 31.9 Å². The molecule has 3 aliphatic rings. The lowest BCUT2D eigenvalue weighted by atomic mass is 9.98. The average molecular weight is 378 g/mol. The molecule has 2 N–H and O–H groups in total. The monoisotopic (exact) mass is 378 g/mol. The number of hydrogen-bond donors (Lipinski definition) is 2. The number of carbonyl (C=O) groups excluding carboxylic acids is 2. The van der Waals surface area contributed by atoms with Gasteiger partial charge in [-0.2, -0.15) is 0 Å². The largest absolute Gasteiger partial charge is 0.480 e. The molecule has 8 heteroatoms. The number of anilines is 1. The maximum absolute atomic E-state index is 13.7. The lowest BCUT2D eigenvalue weighted by Gasteiger charge is -2.50. The van der Waals surface area contributed by atoms with Crippen molar-refractivity contribution in [2.75, 3.05) is 17.4 Å². The number of hydrogen-bond acceptors (Lipinski definition) is 4. The zero-order chi connectivity index (χ0) is 18.9. The first-order valence-corrected chi connectivity index (χ1v) is 10.5. The van der Waals surface area contributed by atoms with Gasteiger partial charge in [0, 0.05) is 17.0 Å². The lowest BCUT2D eigenvalue weighted by Crippen LogP contribution is -2.57. The minimum Gasteiger partial charge on any atom is -0.480 e. The number of β-lactam (4-membered cyclic amide) rings is 1. The van der Waals surface area contributed by atoms with Crippen LogP contribution in [0.4, 0.5) is 10.5 Å². The Morgan fingerprint density at radius 2 is 2.00 bits per heavy atom. The first-order chi connectivity index (χ1) is 12.3. The molecule has 0 spiro atoms. The summed E-state index contributed by atoms with van der Waals surface area (Å²) in [4.78, 5) is 40.8. The second-order valence-electron chi connectivity index (χ2n) is 7.52. The number of benzene rings is 1. The predicted octanol–water partition coefficient (Wildman–Crippen LogP) is 1.73. The number of fused-ring (bicyclic) bond motifs is 2. The molecular formula is C18H22N2O5S. The van der Waals surface area contributed by atoms with Crippen LogP contribution in [0, 0.1) is 0 Å². The number of rotatable bonds is 2. The van der Waals surface area contributed by atoms with Gasteiger partial charge in [0.05, 0.1) is 17.7 Å². The summed E-state index contributed by atoms with van der Waals surface area (Å²) in [5.41, 5.74) is 1.89. The van der Waals surface area contributed by atoms with Crippen molar-refractivity contribution in [2.45, 2.75) is 42.9 Å². The Kier molecular flexibility index (Phi) is 3.65. The molecular weight excluding hydrogens is 356 g/mol. The highest BCUT2D eigenvalue weighted by Gasteiger charge is 2.72. The first-order valence-electron chi connectivity index (χ1n) is 8.61. The molecule has 0 aliphatic carbocycles. The third-order valence-electron chi connectivity index (χ3n) is 6.14. The molecule has 3 atom stereocenters. The fourth-order valence-electron chi connectivity index (χ4n) is 4.72. The van der Waals surface area contributed by atoms with Crippen LogP contribution in [0.1, 0.15) is 25.8 Å². The molecule has 3 aliphatic heterocycles. The fourth-order valence-corrected chi connectivity index (χ4v) is 8.97. The molecule has 1 aromatic carbocycles. The zero-order valence-corrected chi connectivity index (χ0v) is 15.5. The highest BCUT2D eigenvalue weighted by atomic mass is 32.3. The third-order valence-corrected chi connectivity index (χ3v) is 10.8. The van der Waals surface area contributed by atoms with Gasteiger partial charge in [-0.3, -0.25) is 9.59 Å². The van der Waals surface area contributed by atoms with Gasteiger partial charge in [0.2, 0.25) is 5.91 Å². The molecule has 1 aromatic rings. The predicted molar refractivity (Wildman–Crippen MR) is 98.3 cm³/mol. The molecule has 26 heavy (non-hydrogen) atoms. The van der Waals surface area contributed by atoms with Gasteiger partial charge in [0.15, 0.2) is 0 Å². The van der Waals surface area contributed by atoms with Crippen molar-refractivity contribution in [1.82, 2.24) is 4.90 Å². The van der Waals surface area contributed by atoms with E-state index in [-0.39, 0.29) is 17.6 Å². The first kappa shape index (κ1) is 17.4. The lowest BCUT2D eigenvalue weighted by molar-refractivity contribution is -0.157. The molecule has 2 saturated heterocycles. The maximum atomic E-state index is 13.7. The Hall–Kier alpha value is -2.06. The molecule has 0 bridgehead atoms. The van der Waals surface area contributed by atoms with E-state index in [1.54, 1.807) is 18.7 Å². The van der Waals surface area contributed by atoms with Crippen molar-refractivity contribution in [2.24, 2.45) is 0 Å². The van der Waals surface area contributed by atoms with Crippen LogP contribution >= 0.6 is 10.0 Å². The third kappa shape index (κ3) is 1.86. The molecule has 0 radical (unpaired) electrons. The topological polar surface area (TPSA) is 98.1 Å². The number of carbonyl (C=O) groups is 3. The molecule has 140 valence electrons. The van der Waals surface area contributed by atoms with E-state index in [1.807, 2.05) is 24.3 Å². The van der Waals surface area contributed by atoms with Gasteiger partial charge in [-0.15, -0.1) is 10.0 Å². The number of carboxylic acids is 1. The van der Waals surface area contributed by atoms with E-state index in [4.69, 9.17) is 0 Å². The summed E-state index contributed by atoms with van der Waals surface area (Å²) in [6.45, 7) is 3.94. The van der Waals surface area contributed by atoms with Crippen LogP contribution in [0.25, 0.3) is 0 Å². The molecule has 2 amide bonds. The van der Waals surface area contributed by atoms with Gasteiger partial charge in [0.25, 0.3) is 5.24 Å². The number of nitrogens with zero attached hydrogens (tertiary/aromatic N) is 2. The molecule has 7 nitrogen and oxygen atoms in total. The van der Waals surface area contributed by atoms with E-state index in [0.29, 0.717) is 6.54 Å². The quantitative estimate of drug-likeness (QED) is 0.764. The Bertz CT molecular complexity index is 826. The second-order valence-corrected chi connectivity index (χ2v) is 11.3. The van der Waals surface area contributed by atoms with Gasteiger partial charge in [0.1, 0.15) is 6.04 Å². The number of aliphatic hydroxyl groups is 1. The summed E-state index contributed by atoms with van der Waals surface area (Å²) in [6, 6.07) is 6.56. The summed E-state index contributed by atoms with van der Waals surface area (Å²) in [5, 5.41) is 19.4. The van der Waals surface area contributed by atoms with Gasteiger partial charge in [-0.25, -0.2) is 4.79 Å². The highest BCUT2D eigenvalue weighted by molar-refractivity contribution is 8.46. The summed E-state index contributed by atoms with van der Waals surface area (Å²) >= 11 is 0. The average Bonchev–Trinajstić information content (AvgIpc) is 3.08. The van der Waals surface area contributed by atoms with E-state index < -0.39 is 38.1 Å². The highest BCUT2D eigenvalue weighted by Crippen LogP contribution is 2.74. The summed E-state index contributed by atoms with van der Waals surface area (Å²) in [5.74, 6) is -1.78. The van der Waals surface area contributed by atoms with Crippen LogP contribution in [0.15, 0.2) is 24.3 Å². The van der Waals surface area contributed by atoms with E-state index in [0.717, 1.165) is 17.7 Å². The van der Waals surface area contributed by atoms with E-state index in [1.165, 1.54) is 4.90 Å². The number of aliphatic hydroxyl groups excluding tert-OH is 1. The molecule has 0 saturated carbocycles. The van der Waals surface area contributed by atoms with Crippen molar-refractivity contribution >= 4 is 32.8 Å². The number of carboxylic acid groups (broad SMARTS) is 1. The van der Waals surface area contributed by atoms with E-state index in [2.05, 4.69) is 0 Å². The van der Waals surface area contributed by atoms with E-state index in [9.17, 15) is 24.6 Å². The van der Waals surface area contributed by atoms with Crippen molar-refractivity contribution in [3.8, 4) is 0 Å². The van der Waals surface area contributed by atoms with E-state index >= 15 is 0 Å². The minimum atomic E-state index is -2.48. The van der Waals surface area contributed by atoms with Crippen molar-refractivity contribution in [3.05, 3.63) is 29.8 Å². The zero-order valence-electron chi connectivity index (χ0n) is 14.7.